The molecule has 0 spiro atoms. The number of pyridine rings is 2. The number of aromatic nitrogens is 2. The van der Waals surface area contributed by atoms with Gasteiger partial charge in [0.25, 0.3) is 0 Å². The summed E-state index contributed by atoms with van der Waals surface area (Å²) in [5.41, 5.74) is 11.3. The van der Waals surface area contributed by atoms with E-state index in [2.05, 4.69) is 25.2 Å². The van der Waals surface area contributed by atoms with Gasteiger partial charge in [0.15, 0.2) is 0 Å². The summed E-state index contributed by atoms with van der Waals surface area (Å²) in [6.07, 6.45) is 7.02. The van der Waals surface area contributed by atoms with Gasteiger partial charge in [0.05, 0.1) is 12.2 Å². The smallest absolute Gasteiger partial charge is 0.407 e. The average Bonchev–Trinajstić information content (AvgIpc) is 2.83. The zero-order chi connectivity index (χ0) is 22.3. The lowest BCUT2D eigenvalue weighted by molar-refractivity contribution is 0.142. The van der Waals surface area contributed by atoms with Gasteiger partial charge < -0.3 is 20.2 Å². The number of hydrogen-bond donors (Lipinski definition) is 2. The molecule has 1 aliphatic carbocycles. The van der Waals surface area contributed by atoms with Gasteiger partial charge in [-0.05, 0) is 48.2 Å². The highest BCUT2D eigenvalue weighted by Gasteiger charge is 2.22. The molecule has 0 atom stereocenters. The van der Waals surface area contributed by atoms with Crippen molar-refractivity contribution in [3.63, 3.8) is 0 Å². The van der Waals surface area contributed by atoms with E-state index in [0.717, 1.165) is 41.3 Å². The van der Waals surface area contributed by atoms with Crippen molar-refractivity contribution in [3.8, 4) is 11.3 Å². The number of amides is 1. The van der Waals surface area contributed by atoms with Crippen molar-refractivity contribution >= 4 is 17.7 Å². The summed E-state index contributed by atoms with van der Waals surface area (Å²) in [5, 5.41) is 16.5. The first-order valence-corrected chi connectivity index (χ1v) is 11.1. The molecule has 10 heteroatoms. The Hall–Kier alpha value is -3.52. The van der Waals surface area contributed by atoms with Gasteiger partial charge >= 0.3 is 6.09 Å². The van der Waals surface area contributed by atoms with Crippen molar-refractivity contribution in [2.24, 2.45) is 5.11 Å². The average molecular weight is 437 g/mol. The molecule has 0 aromatic carbocycles. The van der Waals surface area contributed by atoms with Crippen LogP contribution in [0.5, 0.6) is 0 Å². The highest BCUT2D eigenvalue weighted by Crippen LogP contribution is 2.27. The fourth-order valence-electron chi connectivity index (χ4n) is 4.34. The minimum atomic E-state index is -0.898. The first kappa shape index (κ1) is 21.7. The molecule has 10 nitrogen and oxygen atoms in total. The summed E-state index contributed by atoms with van der Waals surface area (Å²) in [6.45, 7) is 2.21. The number of carboxylic acid groups (broad SMARTS) is 1. The molecule has 2 N–H and O–H groups in total. The van der Waals surface area contributed by atoms with E-state index in [0.29, 0.717) is 32.2 Å². The van der Waals surface area contributed by atoms with Crippen molar-refractivity contribution in [1.29, 1.82) is 0 Å². The summed E-state index contributed by atoms with van der Waals surface area (Å²) < 4.78 is 0. The fourth-order valence-corrected chi connectivity index (χ4v) is 4.34. The second-order valence-corrected chi connectivity index (χ2v) is 8.27. The number of piperazine rings is 1. The Bertz CT molecular complexity index is 993. The molecule has 1 aliphatic heterocycles. The van der Waals surface area contributed by atoms with Gasteiger partial charge in [0, 0.05) is 48.9 Å². The van der Waals surface area contributed by atoms with Crippen LogP contribution in [0.1, 0.15) is 37.7 Å². The zero-order valence-electron chi connectivity index (χ0n) is 18.0. The van der Waals surface area contributed by atoms with E-state index >= 15 is 0 Å². The molecule has 2 fully saturated rings. The number of anilines is 2. The summed E-state index contributed by atoms with van der Waals surface area (Å²) in [7, 11) is 0. The standard InChI is InChI=1S/C22H28N8O2/c23-28-25-15-16-12-19(27-21(13-16)29-8-10-30(11-9-29)22(31)32)17-6-7-24-20(14-17)26-18-4-2-1-3-5-18/h6-7,12-14,18H,1-5,8-11,15H2,(H,24,26)(H,31,32). The van der Waals surface area contributed by atoms with Crippen LogP contribution in [-0.4, -0.2) is 58.3 Å². The van der Waals surface area contributed by atoms with Crippen LogP contribution < -0.4 is 10.2 Å². The normalized spacial score (nSPS) is 17.0. The van der Waals surface area contributed by atoms with Crippen LogP contribution in [-0.2, 0) is 6.54 Å². The first-order chi connectivity index (χ1) is 15.6. The third kappa shape index (κ3) is 5.39. The Morgan fingerprint density at radius 2 is 1.97 bits per heavy atom. The number of nitrogens with zero attached hydrogens (tertiary/aromatic N) is 7. The van der Waals surface area contributed by atoms with Crippen LogP contribution in [0.3, 0.4) is 0 Å². The van der Waals surface area contributed by atoms with Crippen LogP contribution >= 0.6 is 0 Å². The molecule has 1 saturated carbocycles. The number of nitrogens with one attached hydrogen (secondary N) is 1. The molecule has 4 rings (SSSR count). The van der Waals surface area contributed by atoms with Crippen LogP contribution in [0.15, 0.2) is 35.6 Å². The Morgan fingerprint density at radius 1 is 1.19 bits per heavy atom. The number of rotatable bonds is 6. The maximum absolute atomic E-state index is 11.2. The largest absolute Gasteiger partial charge is 0.465 e. The number of azide groups is 1. The van der Waals surface area contributed by atoms with E-state index < -0.39 is 6.09 Å². The van der Waals surface area contributed by atoms with E-state index in [9.17, 15) is 9.90 Å². The van der Waals surface area contributed by atoms with E-state index in [1.807, 2.05) is 24.3 Å². The molecule has 0 unspecified atom stereocenters. The molecule has 2 aliphatic rings. The molecule has 1 amide bonds. The predicted molar refractivity (Wildman–Crippen MR) is 123 cm³/mol. The molecular weight excluding hydrogens is 408 g/mol. The van der Waals surface area contributed by atoms with E-state index in [1.165, 1.54) is 24.2 Å². The molecule has 32 heavy (non-hydrogen) atoms. The van der Waals surface area contributed by atoms with Crippen LogP contribution in [0.2, 0.25) is 0 Å². The second kappa shape index (κ2) is 10.2. The number of hydrogen-bond acceptors (Lipinski definition) is 6. The van der Waals surface area contributed by atoms with Crippen LogP contribution in [0.4, 0.5) is 16.4 Å². The lowest BCUT2D eigenvalue weighted by atomic mass is 9.95. The van der Waals surface area contributed by atoms with Gasteiger partial charge in [-0.15, -0.1) is 0 Å². The lowest BCUT2D eigenvalue weighted by Crippen LogP contribution is -2.48. The van der Waals surface area contributed by atoms with Gasteiger partial charge in [-0.25, -0.2) is 14.8 Å². The predicted octanol–water partition coefficient (Wildman–Crippen LogP) is 4.50. The maximum atomic E-state index is 11.2. The third-order valence-electron chi connectivity index (χ3n) is 6.08. The second-order valence-electron chi connectivity index (χ2n) is 8.27. The molecule has 0 bridgehead atoms. The minimum absolute atomic E-state index is 0.229. The zero-order valence-corrected chi connectivity index (χ0v) is 18.0. The van der Waals surface area contributed by atoms with Crippen molar-refractivity contribution in [2.45, 2.75) is 44.7 Å². The van der Waals surface area contributed by atoms with Crippen LogP contribution in [0.25, 0.3) is 21.7 Å². The number of carbonyl (C=O) groups is 1. The third-order valence-corrected chi connectivity index (χ3v) is 6.08. The van der Waals surface area contributed by atoms with E-state index in [1.54, 1.807) is 6.20 Å². The van der Waals surface area contributed by atoms with Crippen LogP contribution in [0, 0.1) is 0 Å². The molecular formula is C22H28N8O2. The minimum Gasteiger partial charge on any atom is -0.465 e. The monoisotopic (exact) mass is 436 g/mol. The Kier molecular flexibility index (Phi) is 6.91. The van der Waals surface area contributed by atoms with Gasteiger partial charge in [-0.3, -0.25) is 0 Å². The van der Waals surface area contributed by atoms with Gasteiger partial charge in [0.1, 0.15) is 11.6 Å². The topological polar surface area (TPSA) is 130 Å². The maximum Gasteiger partial charge on any atom is 0.407 e. The highest BCUT2D eigenvalue weighted by molar-refractivity contribution is 5.67. The highest BCUT2D eigenvalue weighted by atomic mass is 16.4. The summed E-state index contributed by atoms with van der Waals surface area (Å²) in [6, 6.07) is 8.25. The fraction of sp³-hybridized carbons (Fsp3) is 0.500. The van der Waals surface area contributed by atoms with Gasteiger partial charge in [0.2, 0.25) is 0 Å². The van der Waals surface area contributed by atoms with Gasteiger partial charge in [-0.1, -0.05) is 24.4 Å². The lowest BCUT2D eigenvalue weighted by Gasteiger charge is -2.34. The Balaban J connectivity index is 1.58. The van der Waals surface area contributed by atoms with E-state index in [-0.39, 0.29) is 6.54 Å². The molecule has 3 heterocycles. The quantitative estimate of drug-likeness (QED) is 0.389. The van der Waals surface area contributed by atoms with Crippen molar-refractivity contribution in [3.05, 3.63) is 46.5 Å². The summed E-state index contributed by atoms with van der Waals surface area (Å²) in [4.78, 5) is 26.9. The molecule has 168 valence electrons. The SMILES string of the molecule is [N-]=[N+]=NCc1cc(-c2ccnc(NC3CCCCC3)c2)nc(N2CCN(C(=O)O)CC2)c1. The van der Waals surface area contributed by atoms with E-state index in [4.69, 9.17) is 10.5 Å². The molecule has 1 saturated heterocycles. The molecule has 2 aromatic rings. The molecule has 2 aromatic heterocycles. The van der Waals surface area contributed by atoms with Crippen molar-refractivity contribution < 1.29 is 9.90 Å². The Morgan fingerprint density at radius 3 is 2.69 bits per heavy atom. The first-order valence-electron chi connectivity index (χ1n) is 11.1. The summed E-state index contributed by atoms with van der Waals surface area (Å²) >= 11 is 0. The summed E-state index contributed by atoms with van der Waals surface area (Å²) in [5.74, 6) is 1.60. The van der Waals surface area contributed by atoms with Crippen molar-refractivity contribution in [2.75, 3.05) is 36.4 Å². The Labute approximate surface area is 186 Å². The van der Waals surface area contributed by atoms with Gasteiger partial charge in [-0.2, -0.15) is 0 Å². The van der Waals surface area contributed by atoms with Crippen molar-refractivity contribution in [1.82, 2.24) is 14.9 Å². The molecule has 0 radical (unpaired) electrons.